The Kier molecular flexibility index (Phi) is 3.05. The minimum atomic E-state index is -0.953. The number of nitrogens with zero attached hydrogens (tertiary/aromatic N) is 1. The first-order valence-corrected chi connectivity index (χ1v) is 5.16. The molecule has 1 aromatic carbocycles. The minimum Gasteiger partial charge on any atom is -0.481 e. The molecular formula is C13H11NO3. The number of aromatic nitrogens is 1. The summed E-state index contributed by atoms with van der Waals surface area (Å²) < 4.78 is 1.36. The molecule has 2 rings (SSSR count). The van der Waals surface area contributed by atoms with E-state index in [4.69, 9.17) is 5.11 Å². The molecule has 0 radical (unpaired) electrons. The van der Waals surface area contributed by atoms with E-state index in [1.807, 2.05) is 6.07 Å². The van der Waals surface area contributed by atoms with Crippen LogP contribution in [-0.4, -0.2) is 21.6 Å². The molecule has 0 aliphatic carbocycles. The number of aliphatic carboxylic acids is 1. The van der Waals surface area contributed by atoms with Gasteiger partial charge in [0.05, 0.1) is 6.42 Å². The predicted octanol–water partition coefficient (Wildman–Crippen LogP) is 1.80. The van der Waals surface area contributed by atoms with Crippen molar-refractivity contribution in [2.75, 3.05) is 0 Å². The highest BCUT2D eigenvalue weighted by Crippen LogP contribution is 2.08. The van der Waals surface area contributed by atoms with E-state index in [0.717, 1.165) is 0 Å². The first-order valence-electron chi connectivity index (χ1n) is 5.16. The lowest BCUT2D eigenvalue weighted by Crippen LogP contribution is -2.16. The standard InChI is InChI=1S/C13H11NO3/c15-12(16)9-11-7-4-8-14(11)13(17)10-5-2-1-3-6-10/h1-8H,9H2,(H,15,16). The van der Waals surface area contributed by atoms with Crippen molar-refractivity contribution < 1.29 is 14.7 Å². The van der Waals surface area contributed by atoms with Gasteiger partial charge in [0.25, 0.3) is 5.91 Å². The molecule has 1 N–H and O–H groups in total. The quantitative estimate of drug-likeness (QED) is 0.873. The average Bonchev–Trinajstić information content (AvgIpc) is 2.76. The SMILES string of the molecule is O=C(O)Cc1cccn1C(=O)c1ccccc1. The Morgan fingerprint density at radius 3 is 2.41 bits per heavy atom. The van der Waals surface area contributed by atoms with Crippen LogP contribution in [0.25, 0.3) is 0 Å². The van der Waals surface area contributed by atoms with Crippen LogP contribution < -0.4 is 0 Å². The lowest BCUT2D eigenvalue weighted by atomic mass is 10.2. The summed E-state index contributed by atoms with van der Waals surface area (Å²) in [5.74, 6) is -1.17. The van der Waals surface area contributed by atoms with Crippen LogP contribution in [0.4, 0.5) is 0 Å². The zero-order valence-electron chi connectivity index (χ0n) is 9.04. The molecule has 4 nitrogen and oxygen atoms in total. The Hall–Kier alpha value is -2.36. The average molecular weight is 229 g/mol. The van der Waals surface area contributed by atoms with Gasteiger partial charge in [-0.2, -0.15) is 0 Å². The van der Waals surface area contributed by atoms with Gasteiger partial charge in [0.2, 0.25) is 0 Å². The second-order valence-electron chi connectivity index (χ2n) is 3.61. The van der Waals surface area contributed by atoms with Gasteiger partial charge in [0.1, 0.15) is 0 Å². The number of hydrogen-bond donors (Lipinski definition) is 1. The van der Waals surface area contributed by atoms with Gasteiger partial charge in [-0.25, -0.2) is 0 Å². The summed E-state index contributed by atoms with van der Waals surface area (Å²) in [5.41, 5.74) is 1.02. The van der Waals surface area contributed by atoms with Gasteiger partial charge in [-0.05, 0) is 24.3 Å². The third-order valence-electron chi connectivity index (χ3n) is 2.41. The number of carbonyl (C=O) groups is 2. The Labute approximate surface area is 98.1 Å². The zero-order chi connectivity index (χ0) is 12.3. The Morgan fingerprint density at radius 2 is 1.76 bits per heavy atom. The van der Waals surface area contributed by atoms with Gasteiger partial charge < -0.3 is 5.11 Å². The maximum atomic E-state index is 12.1. The fourth-order valence-electron chi connectivity index (χ4n) is 1.63. The molecule has 0 unspecified atom stereocenters. The van der Waals surface area contributed by atoms with Gasteiger partial charge >= 0.3 is 5.97 Å². The summed E-state index contributed by atoms with van der Waals surface area (Å²) in [6.07, 6.45) is 1.42. The molecule has 0 fully saturated rings. The molecule has 1 aromatic heterocycles. The van der Waals surface area contributed by atoms with Crippen LogP contribution in [0.2, 0.25) is 0 Å². The van der Waals surface area contributed by atoms with Crippen LogP contribution in [0.1, 0.15) is 16.1 Å². The van der Waals surface area contributed by atoms with Crippen molar-refractivity contribution in [2.45, 2.75) is 6.42 Å². The predicted molar refractivity (Wildman–Crippen MR) is 61.9 cm³/mol. The largest absolute Gasteiger partial charge is 0.481 e. The minimum absolute atomic E-state index is 0.161. The number of rotatable bonds is 3. The summed E-state index contributed by atoms with van der Waals surface area (Å²) in [6, 6.07) is 12.1. The molecule has 0 amide bonds. The van der Waals surface area contributed by atoms with Gasteiger partial charge in [-0.15, -0.1) is 0 Å². The van der Waals surface area contributed by atoms with Crippen LogP contribution >= 0.6 is 0 Å². The van der Waals surface area contributed by atoms with E-state index in [1.165, 1.54) is 4.57 Å². The van der Waals surface area contributed by atoms with Crippen molar-refractivity contribution in [1.29, 1.82) is 0 Å². The maximum Gasteiger partial charge on any atom is 0.309 e. The fourth-order valence-corrected chi connectivity index (χ4v) is 1.63. The van der Waals surface area contributed by atoms with Crippen molar-refractivity contribution in [3.63, 3.8) is 0 Å². The first kappa shape index (κ1) is 11.1. The van der Waals surface area contributed by atoms with E-state index in [2.05, 4.69) is 0 Å². The fraction of sp³-hybridized carbons (Fsp3) is 0.0769. The first-order chi connectivity index (χ1) is 8.18. The summed E-state index contributed by atoms with van der Waals surface area (Å²) >= 11 is 0. The Morgan fingerprint density at radius 1 is 1.06 bits per heavy atom. The lowest BCUT2D eigenvalue weighted by Gasteiger charge is -2.06. The molecule has 17 heavy (non-hydrogen) atoms. The van der Waals surface area contributed by atoms with Crippen LogP contribution in [0.5, 0.6) is 0 Å². The monoisotopic (exact) mass is 229 g/mol. The highest BCUT2D eigenvalue weighted by molar-refractivity contribution is 5.96. The number of hydrogen-bond acceptors (Lipinski definition) is 2. The highest BCUT2D eigenvalue weighted by Gasteiger charge is 2.13. The van der Waals surface area contributed by atoms with E-state index in [0.29, 0.717) is 11.3 Å². The molecule has 0 saturated heterocycles. The molecule has 0 spiro atoms. The van der Waals surface area contributed by atoms with Crippen molar-refractivity contribution >= 4 is 11.9 Å². The third kappa shape index (κ3) is 2.42. The summed E-state index contributed by atoms with van der Waals surface area (Å²) in [6.45, 7) is 0. The number of carboxylic acids is 1. The molecule has 0 atom stereocenters. The topological polar surface area (TPSA) is 59.3 Å². The summed E-state index contributed by atoms with van der Waals surface area (Å²) in [7, 11) is 0. The van der Waals surface area contributed by atoms with E-state index in [-0.39, 0.29) is 12.3 Å². The van der Waals surface area contributed by atoms with Crippen molar-refractivity contribution in [1.82, 2.24) is 4.57 Å². The van der Waals surface area contributed by atoms with Crippen LogP contribution in [0.15, 0.2) is 48.7 Å². The smallest absolute Gasteiger partial charge is 0.309 e. The zero-order valence-corrected chi connectivity index (χ0v) is 9.04. The Bertz CT molecular complexity index is 543. The molecule has 0 aliphatic heterocycles. The lowest BCUT2D eigenvalue weighted by molar-refractivity contribution is -0.136. The summed E-state index contributed by atoms with van der Waals surface area (Å²) in [4.78, 5) is 22.7. The number of benzene rings is 1. The normalized spacial score (nSPS) is 10.1. The summed E-state index contributed by atoms with van der Waals surface area (Å²) in [5, 5.41) is 8.74. The number of carboxylic acid groups (broad SMARTS) is 1. The third-order valence-corrected chi connectivity index (χ3v) is 2.41. The van der Waals surface area contributed by atoms with Gasteiger partial charge in [0, 0.05) is 17.5 Å². The molecule has 4 heteroatoms. The van der Waals surface area contributed by atoms with Gasteiger partial charge in [-0.3, -0.25) is 14.2 Å². The second kappa shape index (κ2) is 4.65. The van der Waals surface area contributed by atoms with Gasteiger partial charge in [0.15, 0.2) is 0 Å². The van der Waals surface area contributed by atoms with E-state index < -0.39 is 5.97 Å². The molecule has 86 valence electrons. The molecule has 0 saturated carbocycles. The van der Waals surface area contributed by atoms with E-state index >= 15 is 0 Å². The molecular weight excluding hydrogens is 218 g/mol. The Balaban J connectivity index is 2.32. The van der Waals surface area contributed by atoms with Crippen LogP contribution in [0, 0.1) is 0 Å². The van der Waals surface area contributed by atoms with Crippen molar-refractivity contribution in [2.24, 2.45) is 0 Å². The molecule has 2 aromatic rings. The maximum absolute atomic E-state index is 12.1. The molecule has 0 aliphatic rings. The number of carbonyl (C=O) groups excluding carboxylic acids is 1. The van der Waals surface area contributed by atoms with Crippen molar-refractivity contribution in [3.8, 4) is 0 Å². The molecule has 0 bridgehead atoms. The van der Waals surface area contributed by atoms with Gasteiger partial charge in [-0.1, -0.05) is 18.2 Å². The van der Waals surface area contributed by atoms with E-state index in [9.17, 15) is 9.59 Å². The molecule has 1 heterocycles. The van der Waals surface area contributed by atoms with E-state index in [1.54, 1.807) is 42.6 Å². The van der Waals surface area contributed by atoms with Crippen molar-refractivity contribution in [3.05, 3.63) is 59.9 Å². The van der Waals surface area contributed by atoms with Crippen LogP contribution in [0.3, 0.4) is 0 Å². The van der Waals surface area contributed by atoms with Crippen LogP contribution in [-0.2, 0) is 11.2 Å². The second-order valence-corrected chi connectivity index (χ2v) is 3.61. The highest BCUT2D eigenvalue weighted by atomic mass is 16.4.